The molecule has 0 unspecified atom stereocenters. The molecule has 1 fully saturated rings. The van der Waals surface area contributed by atoms with Crippen LogP contribution in [0, 0.1) is 0 Å². The summed E-state index contributed by atoms with van der Waals surface area (Å²) in [6.07, 6.45) is 2.57. The van der Waals surface area contributed by atoms with Crippen molar-refractivity contribution in [3.05, 3.63) is 36.0 Å². The molecular weight excluding hydrogens is 258 g/mol. The van der Waals surface area contributed by atoms with Gasteiger partial charge in [-0.1, -0.05) is 6.07 Å². The van der Waals surface area contributed by atoms with Crippen molar-refractivity contribution < 1.29 is 14.4 Å². The highest BCUT2D eigenvalue weighted by molar-refractivity contribution is 6.07. The summed E-state index contributed by atoms with van der Waals surface area (Å²) in [5.74, 6) is -0.288. The van der Waals surface area contributed by atoms with Crippen LogP contribution in [0.15, 0.2) is 30.5 Å². The second-order valence-corrected chi connectivity index (χ2v) is 4.48. The molecule has 0 radical (unpaired) electrons. The van der Waals surface area contributed by atoms with E-state index in [1.807, 2.05) is 6.07 Å². The highest BCUT2D eigenvalue weighted by Crippen LogP contribution is 2.25. The number of pyridine rings is 1. The normalized spacial score (nSPS) is 15.3. The Morgan fingerprint density at radius 1 is 1.30 bits per heavy atom. The first-order valence-corrected chi connectivity index (χ1v) is 6.14. The fourth-order valence-corrected chi connectivity index (χ4v) is 2.26. The van der Waals surface area contributed by atoms with E-state index < -0.39 is 6.03 Å². The average Bonchev–Trinajstić information content (AvgIpc) is 2.46. The Hall–Kier alpha value is -2.76. The Morgan fingerprint density at radius 2 is 2.15 bits per heavy atom. The van der Waals surface area contributed by atoms with Crippen LogP contribution in [0.3, 0.4) is 0 Å². The highest BCUT2D eigenvalue weighted by Gasteiger charge is 2.24. The number of hydrogen-bond donors (Lipinski definition) is 1. The van der Waals surface area contributed by atoms with Crippen molar-refractivity contribution in [2.24, 2.45) is 0 Å². The summed E-state index contributed by atoms with van der Waals surface area (Å²) < 4.78 is 0. The van der Waals surface area contributed by atoms with Crippen LogP contribution in [0.5, 0.6) is 0 Å². The second kappa shape index (κ2) is 4.73. The van der Waals surface area contributed by atoms with E-state index >= 15 is 0 Å². The first kappa shape index (κ1) is 12.3. The van der Waals surface area contributed by atoms with Gasteiger partial charge in [0, 0.05) is 35.8 Å². The van der Waals surface area contributed by atoms with Crippen molar-refractivity contribution >= 4 is 34.8 Å². The van der Waals surface area contributed by atoms with Crippen LogP contribution in [-0.4, -0.2) is 29.8 Å². The van der Waals surface area contributed by atoms with Gasteiger partial charge in [0.2, 0.25) is 5.91 Å². The molecule has 3 rings (SSSR count). The molecule has 1 saturated heterocycles. The molecule has 6 heteroatoms. The smallest absolute Gasteiger partial charge is 0.298 e. The van der Waals surface area contributed by atoms with Crippen LogP contribution >= 0.6 is 0 Å². The molecule has 1 aliphatic heterocycles. The predicted octanol–water partition coefficient (Wildman–Crippen LogP) is 1.49. The van der Waals surface area contributed by atoms with Crippen LogP contribution in [0.25, 0.3) is 10.9 Å². The van der Waals surface area contributed by atoms with E-state index in [9.17, 15) is 14.4 Å². The molecule has 0 saturated carbocycles. The van der Waals surface area contributed by atoms with Crippen molar-refractivity contribution in [1.29, 1.82) is 0 Å². The lowest BCUT2D eigenvalue weighted by Crippen LogP contribution is -2.49. The summed E-state index contributed by atoms with van der Waals surface area (Å²) in [6, 6.07) is 6.51. The number of rotatable bonds is 2. The maximum Gasteiger partial charge on any atom is 0.328 e. The lowest BCUT2D eigenvalue weighted by Gasteiger charge is -2.27. The molecule has 0 aliphatic carbocycles. The standard InChI is InChI=1S/C14H11N3O3/c18-8-10-7-11(6-9-2-1-4-15-13(9)10)17-5-3-12(19)16-14(17)20/h1-2,4,6-8H,3,5H2,(H,16,19,20). The van der Waals surface area contributed by atoms with Crippen molar-refractivity contribution in [3.63, 3.8) is 0 Å². The molecule has 1 aromatic carbocycles. The first-order valence-electron chi connectivity index (χ1n) is 6.14. The third kappa shape index (κ3) is 2.01. The Balaban J connectivity index is 2.10. The first-order chi connectivity index (χ1) is 9.69. The third-order valence-corrected chi connectivity index (χ3v) is 3.21. The minimum Gasteiger partial charge on any atom is -0.298 e. The van der Waals surface area contributed by atoms with Gasteiger partial charge in [-0.3, -0.25) is 24.8 Å². The number of nitrogens with one attached hydrogen (secondary N) is 1. The summed E-state index contributed by atoms with van der Waals surface area (Å²) >= 11 is 0. The van der Waals surface area contributed by atoms with Crippen molar-refractivity contribution in [3.8, 4) is 0 Å². The zero-order valence-corrected chi connectivity index (χ0v) is 10.5. The van der Waals surface area contributed by atoms with E-state index in [1.165, 1.54) is 4.90 Å². The molecule has 100 valence electrons. The van der Waals surface area contributed by atoms with Gasteiger partial charge >= 0.3 is 6.03 Å². The molecule has 1 aliphatic rings. The minimum atomic E-state index is -0.471. The second-order valence-electron chi connectivity index (χ2n) is 4.48. The number of fused-ring (bicyclic) bond motifs is 1. The largest absolute Gasteiger partial charge is 0.328 e. The van der Waals surface area contributed by atoms with Crippen LogP contribution in [-0.2, 0) is 4.79 Å². The summed E-state index contributed by atoms with van der Waals surface area (Å²) in [7, 11) is 0. The molecule has 0 bridgehead atoms. The average molecular weight is 269 g/mol. The van der Waals surface area contributed by atoms with E-state index in [1.54, 1.807) is 24.4 Å². The van der Waals surface area contributed by atoms with Gasteiger partial charge in [0.15, 0.2) is 6.29 Å². The zero-order chi connectivity index (χ0) is 14.1. The van der Waals surface area contributed by atoms with E-state index in [2.05, 4.69) is 10.3 Å². The topological polar surface area (TPSA) is 79.4 Å². The molecule has 1 N–H and O–H groups in total. The van der Waals surface area contributed by atoms with Crippen molar-refractivity contribution in [1.82, 2.24) is 10.3 Å². The van der Waals surface area contributed by atoms with E-state index in [-0.39, 0.29) is 12.3 Å². The van der Waals surface area contributed by atoms with E-state index in [0.29, 0.717) is 29.6 Å². The molecule has 0 spiro atoms. The number of nitrogens with zero attached hydrogens (tertiary/aromatic N) is 2. The third-order valence-electron chi connectivity index (χ3n) is 3.21. The maximum absolute atomic E-state index is 11.8. The molecule has 3 amide bonds. The highest BCUT2D eigenvalue weighted by atomic mass is 16.2. The molecule has 6 nitrogen and oxygen atoms in total. The molecule has 20 heavy (non-hydrogen) atoms. The minimum absolute atomic E-state index is 0.243. The van der Waals surface area contributed by atoms with Gasteiger partial charge in [-0.2, -0.15) is 0 Å². The number of anilines is 1. The number of hydrogen-bond acceptors (Lipinski definition) is 4. The van der Waals surface area contributed by atoms with Crippen molar-refractivity contribution in [2.75, 3.05) is 11.4 Å². The van der Waals surface area contributed by atoms with E-state index in [0.717, 1.165) is 5.39 Å². The van der Waals surface area contributed by atoms with Crippen LogP contribution in [0.1, 0.15) is 16.8 Å². The SMILES string of the molecule is O=Cc1cc(N2CCC(=O)NC2=O)cc2cccnc12. The maximum atomic E-state index is 11.8. The molecule has 2 heterocycles. The number of urea groups is 1. The summed E-state index contributed by atoms with van der Waals surface area (Å²) in [5, 5.41) is 3.03. The van der Waals surface area contributed by atoms with Crippen molar-refractivity contribution in [2.45, 2.75) is 6.42 Å². The molecule has 2 aromatic rings. The molecular formula is C14H11N3O3. The number of amides is 3. The number of benzene rings is 1. The molecule has 0 atom stereocenters. The number of aromatic nitrogens is 1. The number of imide groups is 1. The van der Waals surface area contributed by atoms with Crippen LogP contribution < -0.4 is 10.2 Å². The monoisotopic (exact) mass is 269 g/mol. The van der Waals surface area contributed by atoms with Gasteiger partial charge in [0.05, 0.1) is 5.52 Å². The van der Waals surface area contributed by atoms with Gasteiger partial charge in [0.1, 0.15) is 0 Å². The summed E-state index contributed by atoms with van der Waals surface area (Å²) in [6.45, 7) is 0.300. The summed E-state index contributed by atoms with van der Waals surface area (Å²) in [4.78, 5) is 39.8. The fraction of sp³-hybridized carbons (Fsp3) is 0.143. The molecule has 1 aromatic heterocycles. The van der Waals surface area contributed by atoms with Gasteiger partial charge in [-0.25, -0.2) is 4.79 Å². The van der Waals surface area contributed by atoms with E-state index in [4.69, 9.17) is 0 Å². The number of carbonyl (C=O) groups is 3. The van der Waals surface area contributed by atoms with Crippen LogP contribution in [0.4, 0.5) is 10.5 Å². The lowest BCUT2D eigenvalue weighted by molar-refractivity contribution is -0.120. The van der Waals surface area contributed by atoms with Crippen LogP contribution in [0.2, 0.25) is 0 Å². The number of carbonyl (C=O) groups excluding carboxylic acids is 3. The Labute approximate surface area is 114 Å². The van der Waals surface area contributed by atoms with Gasteiger partial charge < -0.3 is 0 Å². The van der Waals surface area contributed by atoms with Gasteiger partial charge in [0.25, 0.3) is 0 Å². The zero-order valence-electron chi connectivity index (χ0n) is 10.5. The quantitative estimate of drug-likeness (QED) is 0.838. The Morgan fingerprint density at radius 3 is 2.90 bits per heavy atom. The lowest BCUT2D eigenvalue weighted by atomic mass is 10.1. The Kier molecular flexibility index (Phi) is 2.90. The summed E-state index contributed by atoms with van der Waals surface area (Å²) in [5.41, 5.74) is 1.60. The number of aldehydes is 1. The van der Waals surface area contributed by atoms with Gasteiger partial charge in [-0.15, -0.1) is 0 Å². The Bertz CT molecular complexity index is 727. The predicted molar refractivity (Wildman–Crippen MR) is 72.6 cm³/mol. The fourth-order valence-electron chi connectivity index (χ4n) is 2.26. The van der Waals surface area contributed by atoms with Gasteiger partial charge in [-0.05, 0) is 18.2 Å².